The molecule has 0 spiro atoms. The Morgan fingerprint density at radius 3 is 2.78 bits per heavy atom. The smallest absolute Gasteiger partial charge is 0.323 e. The van der Waals surface area contributed by atoms with E-state index in [1.807, 2.05) is 0 Å². The molecule has 23 heavy (non-hydrogen) atoms. The molecular formula is C16H15FN4O2. The van der Waals surface area contributed by atoms with Crippen LogP contribution in [-0.4, -0.2) is 41.5 Å². The second-order valence-corrected chi connectivity index (χ2v) is 5.10. The summed E-state index contributed by atoms with van der Waals surface area (Å²) in [5, 5.41) is 2.67. The maximum atomic E-state index is 13.8. The highest BCUT2D eigenvalue weighted by molar-refractivity contribution is 5.99. The molecule has 0 unspecified atom stereocenters. The summed E-state index contributed by atoms with van der Waals surface area (Å²) in [6.07, 6.45) is 3.13. The first-order chi connectivity index (χ1) is 11.1. The number of carbonyl (C=O) groups excluding carboxylic acids is 2. The van der Waals surface area contributed by atoms with Gasteiger partial charge in [0.1, 0.15) is 12.4 Å². The van der Waals surface area contributed by atoms with Crippen LogP contribution in [0.5, 0.6) is 0 Å². The highest BCUT2D eigenvalue weighted by atomic mass is 19.1. The van der Waals surface area contributed by atoms with Crippen molar-refractivity contribution in [3.63, 3.8) is 0 Å². The number of nitrogens with zero attached hydrogens (tertiary/aromatic N) is 3. The van der Waals surface area contributed by atoms with Crippen molar-refractivity contribution in [1.29, 1.82) is 0 Å². The van der Waals surface area contributed by atoms with Crippen LogP contribution in [0, 0.1) is 5.82 Å². The Balaban J connectivity index is 1.63. The third-order valence-corrected chi connectivity index (χ3v) is 3.52. The SMILES string of the molecule is O=C(CN1CCN(c2ccccc2F)C1=O)Nc1cccnc1. The monoisotopic (exact) mass is 314 g/mol. The molecular weight excluding hydrogens is 299 g/mol. The maximum Gasteiger partial charge on any atom is 0.325 e. The standard InChI is InChI=1S/C16H15FN4O2/c17-13-5-1-2-6-14(13)21-9-8-20(16(21)23)11-15(22)19-12-4-3-7-18-10-12/h1-7,10H,8-9,11H2,(H,19,22). The van der Waals surface area contributed by atoms with Crippen LogP contribution in [-0.2, 0) is 4.79 Å². The summed E-state index contributed by atoms with van der Waals surface area (Å²) in [4.78, 5) is 31.0. The van der Waals surface area contributed by atoms with Gasteiger partial charge in [0.2, 0.25) is 5.91 Å². The minimum absolute atomic E-state index is 0.0846. The molecule has 1 fully saturated rings. The summed E-state index contributed by atoms with van der Waals surface area (Å²) in [5.41, 5.74) is 0.794. The predicted octanol–water partition coefficient (Wildman–Crippen LogP) is 2.10. The molecule has 1 aromatic heterocycles. The molecule has 1 saturated heterocycles. The van der Waals surface area contributed by atoms with Gasteiger partial charge in [0.15, 0.2) is 0 Å². The van der Waals surface area contributed by atoms with E-state index in [-0.39, 0.29) is 24.2 Å². The Kier molecular flexibility index (Phi) is 4.18. The number of hydrogen-bond donors (Lipinski definition) is 1. The summed E-state index contributed by atoms with van der Waals surface area (Å²) in [6.45, 7) is 0.631. The summed E-state index contributed by atoms with van der Waals surface area (Å²) < 4.78 is 13.8. The lowest BCUT2D eigenvalue weighted by molar-refractivity contribution is -0.116. The average Bonchev–Trinajstić information content (AvgIpc) is 2.90. The molecule has 1 N–H and O–H groups in total. The number of aromatic nitrogens is 1. The minimum Gasteiger partial charge on any atom is -0.323 e. The van der Waals surface area contributed by atoms with E-state index >= 15 is 0 Å². The fraction of sp³-hybridized carbons (Fsp3) is 0.188. The molecule has 7 heteroatoms. The molecule has 0 atom stereocenters. The van der Waals surface area contributed by atoms with Gasteiger partial charge in [0.25, 0.3) is 0 Å². The van der Waals surface area contributed by atoms with Crippen LogP contribution in [0.3, 0.4) is 0 Å². The van der Waals surface area contributed by atoms with Crippen molar-refractivity contribution in [2.75, 3.05) is 29.9 Å². The summed E-state index contributed by atoms with van der Waals surface area (Å²) in [6, 6.07) is 9.13. The molecule has 3 amide bonds. The number of urea groups is 1. The van der Waals surface area contributed by atoms with Gasteiger partial charge >= 0.3 is 6.03 Å². The molecule has 2 aromatic rings. The van der Waals surface area contributed by atoms with Crippen molar-refractivity contribution in [1.82, 2.24) is 9.88 Å². The summed E-state index contributed by atoms with van der Waals surface area (Å²) in [7, 11) is 0. The third-order valence-electron chi connectivity index (χ3n) is 3.52. The molecule has 1 aliphatic heterocycles. The number of benzene rings is 1. The van der Waals surface area contributed by atoms with Crippen LogP contribution in [0.1, 0.15) is 0 Å². The van der Waals surface area contributed by atoms with E-state index < -0.39 is 5.82 Å². The van der Waals surface area contributed by atoms with Gasteiger partial charge in [-0.15, -0.1) is 0 Å². The lowest BCUT2D eigenvalue weighted by atomic mass is 10.3. The Hall–Kier alpha value is -2.96. The summed E-state index contributed by atoms with van der Waals surface area (Å²) in [5.74, 6) is -0.774. The predicted molar refractivity (Wildman–Crippen MR) is 83.6 cm³/mol. The Bertz CT molecular complexity index is 723. The quantitative estimate of drug-likeness (QED) is 0.940. The Labute approximate surface area is 132 Å². The number of nitrogens with one attached hydrogen (secondary N) is 1. The lowest BCUT2D eigenvalue weighted by Gasteiger charge is -2.18. The number of halogens is 1. The normalized spacial score (nSPS) is 14.2. The first-order valence-electron chi connectivity index (χ1n) is 7.16. The van der Waals surface area contributed by atoms with Gasteiger partial charge in [-0.2, -0.15) is 0 Å². The largest absolute Gasteiger partial charge is 0.325 e. The second-order valence-electron chi connectivity index (χ2n) is 5.10. The number of pyridine rings is 1. The van der Waals surface area contributed by atoms with E-state index in [1.165, 1.54) is 22.1 Å². The fourth-order valence-electron chi connectivity index (χ4n) is 2.43. The number of rotatable bonds is 4. The fourth-order valence-corrected chi connectivity index (χ4v) is 2.43. The van der Waals surface area contributed by atoms with Crippen LogP contribution in [0.15, 0.2) is 48.8 Å². The number of hydrogen-bond acceptors (Lipinski definition) is 3. The maximum absolute atomic E-state index is 13.8. The molecule has 1 aromatic carbocycles. The van der Waals surface area contributed by atoms with Crippen LogP contribution >= 0.6 is 0 Å². The van der Waals surface area contributed by atoms with Crippen LogP contribution in [0.2, 0.25) is 0 Å². The molecule has 118 valence electrons. The van der Waals surface area contributed by atoms with Crippen molar-refractivity contribution in [3.8, 4) is 0 Å². The lowest BCUT2D eigenvalue weighted by Crippen LogP contribution is -2.37. The van der Waals surface area contributed by atoms with Crippen LogP contribution in [0.4, 0.5) is 20.6 Å². The van der Waals surface area contributed by atoms with E-state index in [1.54, 1.807) is 36.5 Å². The van der Waals surface area contributed by atoms with Crippen molar-refractivity contribution < 1.29 is 14.0 Å². The molecule has 2 heterocycles. The minimum atomic E-state index is -0.456. The number of para-hydroxylation sites is 1. The topological polar surface area (TPSA) is 65.5 Å². The van der Waals surface area contributed by atoms with Gasteiger partial charge in [0.05, 0.1) is 17.6 Å². The van der Waals surface area contributed by atoms with Gasteiger partial charge in [-0.25, -0.2) is 9.18 Å². The molecule has 0 bridgehead atoms. The van der Waals surface area contributed by atoms with E-state index in [0.29, 0.717) is 18.8 Å². The van der Waals surface area contributed by atoms with Crippen molar-refractivity contribution in [2.45, 2.75) is 0 Å². The zero-order chi connectivity index (χ0) is 16.2. The van der Waals surface area contributed by atoms with E-state index in [4.69, 9.17) is 0 Å². The first-order valence-corrected chi connectivity index (χ1v) is 7.16. The Morgan fingerprint density at radius 2 is 2.04 bits per heavy atom. The average molecular weight is 314 g/mol. The van der Waals surface area contributed by atoms with E-state index in [2.05, 4.69) is 10.3 Å². The first kappa shape index (κ1) is 15.0. The van der Waals surface area contributed by atoms with Crippen LogP contribution < -0.4 is 10.2 Å². The van der Waals surface area contributed by atoms with Gasteiger partial charge in [-0.1, -0.05) is 12.1 Å². The van der Waals surface area contributed by atoms with Gasteiger partial charge in [-0.3, -0.25) is 14.7 Å². The third kappa shape index (κ3) is 3.28. The molecule has 0 saturated carbocycles. The van der Waals surface area contributed by atoms with Gasteiger partial charge in [0, 0.05) is 19.3 Å². The Morgan fingerprint density at radius 1 is 1.22 bits per heavy atom. The molecule has 0 radical (unpaired) electrons. The van der Waals surface area contributed by atoms with E-state index in [9.17, 15) is 14.0 Å². The number of carbonyl (C=O) groups is 2. The molecule has 0 aliphatic carbocycles. The number of anilines is 2. The van der Waals surface area contributed by atoms with Crippen LogP contribution in [0.25, 0.3) is 0 Å². The second kappa shape index (κ2) is 6.43. The molecule has 6 nitrogen and oxygen atoms in total. The highest BCUT2D eigenvalue weighted by Gasteiger charge is 2.32. The van der Waals surface area contributed by atoms with Gasteiger partial charge < -0.3 is 10.2 Å². The summed E-state index contributed by atoms with van der Waals surface area (Å²) >= 11 is 0. The zero-order valence-corrected chi connectivity index (χ0v) is 12.3. The number of amides is 3. The van der Waals surface area contributed by atoms with Gasteiger partial charge in [-0.05, 0) is 24.3 Å². The van der Waals surface area contributed by atoms with E-state index in [0.717, 1.165) is 0 Å². The molecule has 3 rings (SSSR count). The van der Waals surface area contributed by atoms with Crippen molar-refractivity contribution >= 4 is 23.3 Å². The van der Waals surface area contributed by atoms with Crippen molar-refractivity contribution in [2.24, 2.45) is 0 Å². The zero-order valence-electron chi connectivity index (χ0n) is 12.3. The molecule has 1 aliphatic rings. The van der Waals surface area contributed by atoms with Crippen molar-refractivity contribution in [3.05, 3.63) is 54.6 Å². The highest BCUT2D eigenvalue weighted by Crippen LogP contribution is 2.23.